The maximum atomic E-state index is 12.4. The van der Waals surface area contributed by atoms with Gasteiger partial charge in [0.25, 0.3) is 0 Å². The number of esters is 2. The Morgan fingerprint density at radius 3 is 2.88 bits per heavy atom. The molecule has 1 aromatic heterocycles. The summed E-state index contributed by atoms with van der Waals surface area (Å²) < 4.78 is 15.3. The number of likely N-dealkylation sites (tertiary alicyclic amines) is 1. The molecule has 7 heteroatoms. The van der Waals surface area contributed by atoms with Crippen molar-refractivity contribution in [3.63, 3.8) is 0 Å². The summed E-state index contributed by atoms with van der Waals surface area (Å²) >= 11 is 0. The highest BCUT2D eigenvalue weighted by atomic mass is 16.5. The molecule has 1 fully saturated rings. The molecular formula is C18H24N2O5. The van der Waals surface area contributed by atoms with Crippen LogP contribution in [0.25, 0.3) is 0 Å². The van der Waals surface area contributed by atoms with E-state index in [-0.39, 0.29) is 29.4 Å². The molecule has 0 spiro atoms. The van der Waals surface area contributed by atoms with Gasteiger partial charge < -0.3 is 13.9 Å². The molecule has 0 radical (unpaired) electrons. The largest absolute Gasteiger partial charge is 0.466 e. The Kier molecular flexibility index (Phi) is 5.22. The Hall–Kier alpha value is -2.15. The van der Waals surface area contributed by atoms with Crippen LogP contribution in [0, 0.1) is 23.7 Å². The average Bonchev–Trinajstić information content (AvgIpc) is 3.21. The normalized spacial score (nSPS) is 28.6. The lowest BCUT2D eigenvalue weighted by Crippen LogP contribution is -2.37. The predicted molar refractivity (Wildman–Crippen MR) is 88.5 cm³/mol. The van der Waals surface area contributed by atoms with Gasteiger partial charge >= 0.3 is 11.9 Å². The summed E-state index contributed by atoms with van der Waals surface area (Å²) in [5.41, 5.74) is 0.173. The van der Waals surface area contributed by atoms with Gasteiger partial charge in [0.05, 0.1) is 26.2 Å². The third-order valence-electron chi connectivity index (χ3n) is 5.04. The summed E-state index contributed by atoms with van der Waals surface area (Å²) in [6.45, 7) is 6.41. The monoisotopic (exact) mass is 348 g/mol. The molecule has 7 nitrogen and oxygen atoms in total. The van der Waals surface area contributed by atoms with E-state index in [1.807, 2.05) is 6.92 Å². The van der Waals surface area contributed by atoms with Gasteiger partial charge in [-0.3, -0.25) is 9.69 Å². The Balaban J connectivity index is 1.67. The highest BCUT2D eigenvalue weighted by Gasteiger charge is 2.44. The molecule has 0 aromatic carbocycles. The zero-order valence-corrected chi connectivity index (χ0v) is 14.8. The number of aromatic nitrogens is 1. The SMILES string of the molecule is CCOC(=O)[C@@H]1[C@H]2CN(Cc3nc(C(=O)OC)co3)C[C@@H]2C=C[C@@H]1C. The number of oxazole rings is 1. The first-order valence-electron chi connectivity index (χ1n) is 8.63. The number of methoxy groups -OCH3 is 1. The number of allylic oxidation sites excluding steroid dienone is 1. The number of ether oxygens (including phenoxy) is 2. The first-order valence-corrected chi connectivity index (χ1v) is 8.63. The molecule has 2 heterocycles. The molecule has 1 aliphatic heterocycles. The summed E-state index contributed by atoms with van der Waals surface area (Å²) in [7, 11) is 1.31. The van der Waals surface area contributed by atoms with Crippen LogP contribution in [0.4, 0.5) is 0 Å². The minimum Gasteiger partial charge on any atom is -0.466 e. The van der Waals surface area contributed by atoms with Crippen molar-refractivity contribution >= 4 is 11.9 Å². The van der Waals surface area contributed by atoms with Gasteiger partial charge in [-0.15, -0.1) is 0 Å². The fourth-order valence-electron chi connectivity index (χ4n) is 3.88. The first-order chi connectivity index (χ1) is 12.0. The fraction of sp³-hybridized carbons (Fsp3) is 0.611. The molecule has 1 aromatic rings. The van der Waals surface area contributed by atoms with Crippen molar-refractivity contribution in [3.05, 3.63) is 30.0 Å². The Labute approximate surface area is 147 Å². The summed E-state index contributed by atoms with van der Waals surface area (Å²) in [6, 6.07) is 0. The van der Waals surface area contributed by atoms with Crippen molar-refractivity contribution in [2.75, 3.05) is 26.8 Å². The second kappa shape index (κ2) is 7.39. The van der Waals surface area contributed by atoms with Crippen LogP contribution >= 0.6 is 0 Å². The van der Waals surface area contributed by atoms with E-state index in [1.165, 1.54) is 13.4 Å². The van der Waals surface area contributed by atoms with Gasteiger partial charge in [0, 0.05) is 13.1 Å². The summed E-state index contributed by atoms with van der Waals surface area (Å²) in [6.07, 6.45) is 5.64. The van der Waals surface area contributed by atoms with E-state index < -0.39 is 5.97 Å². The van der Waals surface area contributed by atoms with Crippen LogP contribution in [0.3, 0.4) is 0 Å². The minimum atomic E-state index is -0.510. The average molecular weight is 348 g/mol. The van der Waals surface area contributed by atoms with Crippen molar-refractivity contribution in [1.82, 2.24) is 9.88 Å². The molecule has 3 rings (SSSR count). The van der Waals surface area contributed by atoms with Gasteiger partial charge in [-0.1, -0.05) is 19.1 Å². The number of rotatable bonds is 5. The van der Waals surface area contributed by atoms with Gasteiger partial charge in [-0.25, -0.2) is 9.78 Å². The van der Waals surface area contributed by atoms with E-state index >= 15 is 0 Å². The molecule has 4 atom stereocenters. The van der Waals surface area contributed by atoms with Crippen LogP contribution in [0.15, 0.2) is 22.8 Å². The van der Waals surface area contributed by atoms with Crippen LogP contribution in [-0.2, 0) is 20.8 Å². The van der Waals surface area contributed by atoms with Gasteiger partial charge in [-0.2, -0.15) is 0 Å². The van der Waals surface area contributed by atoms with E-state index in [1.54, 1.807) is 0 Å². The summed E-state index contributed by atoms with van der Waals surface area (Å²) in [5, 5.41) is 0. The Bertz CT molecular complexity index is 668. The third-order valence-corrected chi connectivity index (χ3v) is 5.04. The third kappa shape index (κ3) is 3.61. The second-order valence-electron chi connectivity index (χ2n) is 6.66. The number of hydrogen-bond acceptors (Lipinski definition) is 7. The lowest BCUT2D eigenvalue weighted by molar-refractivity contribution is -0.152. The molecule has 0 N–H and O–H groups in total. The van der Waals surface area contributed by atoms with Crippen LogP contribution in [0.2, 0.25) is 0 Å². The van der Waals surface area contributed by atoms with Crippen LogP contribution < -0.4 is 0 Å². The van der Waals surface area contributed by atoms with Crippen LogP contribution in [0.1, 0.15) is 30.2 Å². The number of hydrogen-bond donors (Lipinski definition) is 0. The van der Waals surface area contributed by atoms with Crippen molar-refractivity contribution in [2.45, 2.75) is 20.4 Å². The van der Waals surface area contributed by atoms with Crippen molar-refractivity contribution in [1.29, 1.82) is 0 Å². The first kappa shape index (κ1) is 17.7. The molecule has 0 unspecified atom stereocenters. The van der Waals surface area contributed by atoms with E-state index in [2.05, 4.69) is 33.7 Å². The van der Waals surface area contributed by atoms with Gasteiger partial charge in [0.2, 0.25) is 5.89 Å². The number of nitrogens with zero attached hydrogens (tertiary/aromatic N) is 2. The summed E-state index contributed by atoms with van der Waals surface area (Å²) in [5.74, 6) is 0.464. The number of carbonyl (C=O) groups excluding carboxylic acids is 2. The lowest BCUT2D eigenvalue weighted by atomic mass is 9.72. The van der Waals surface area contributed by atoms with E-state index in [4.69, 9.17) is 9.15 Å². The van der Waals surface area contributed by atoms with Crippen molar-refractivity contribution in [3.8, 4) is 0 Å². The summed E-state index contributed by atoms with van der Waals surface area (Å²) in [4.78, 5) is 30.2. The van der Waals surface area contributed by atoms with Crippen LogP contribution in [-0.4, -0.2) is 48.6 Å². The van der Waals surface area contributed by atoms with E-state index in [0.717, 1.165) is 13.1 Å². The fourth-order valence-corrected chi connectivity index (χ4v) is 3.88. The van der Waals surface area contributed by atoms with Crippen molar-refractivity contribution in [2.24, 2.45) is 23.7 Å². The van der Waals surface area contributed by atoms with Gasteiger partial charge in [0.15, 0.2) is 5.69 Å². The molecule has 0 bridgehead atoms. The molecule has 2 aliphatic rings. The van der Waals surface area contributed by atoms with E-state index in [0.29, 0.717) is 25.0 Å². The molecular weight excluding hydrogens is 324 g/mol. The molecule has 136 valence electrons. The Morgan fingerprint density at radius 2 is 2.16 bits per heavy atom. The zero-order chi connectivity index (χ0) is 18.0. The standard InChI is InChI=1S/C18H24N2O5/c1-4-24-18(22)16-11(2)5-6-12-7-20(8-13(12)16)9-15-19-14(10-25-15)17(21)23-3/h5-6,10-13,16H,4,7-9H2,1-3H3/t11-,12-,13-,16-/m0/s1. The smallest absolute Gasteiger partial charge is 0.360 e. The lowest BCUT2D eigenvalue weighted by Gasteiger charge is -2.32. The number of fused-ring (bicyclic) bond motifs is 1. The zero-order valence-electron chi connectivity index (χ0n) is 14.8. The van der Waals surface area contributed by atoms with Gasteiger partial charge in [0.1, 0.15) is 6.26 Å². The van der Waals surface area contributed by atoms with E-state index in [9.17, 15) is 9.59 Å². The second-order valence-corrected chi connectivity index (χ2v) is 6.66. The molecule has 1 saturated heterocycles. The number of carbonyl (C=O) groups is 2. The molecule has 0 amide bonds. The topological polar surface area (TPSA) is 81.9 Å². The minimum absolute atomic E-state index is 0.111. The molecule has 25 heavy (non-hydrogen) atoms. The Morgan fingerprint density at radius 1 is 1.36 bits per heavy atom. The maximum absolute atomic E-state index is 12.4. The predicted octanol–water partition coefficient (Wildman–Crippen LogP) is 1.89. The quantitative estimate of drug-likeness (QED) is 0.594. The maximum Gasteiger partial charge on any atom is 0.360 e. The van der Waals surface area contributed by atoms with Gasteiger partial charge in [-0.05, 0) is 24.7 Å². The molecule has 0 saturated carbocycles. The van der Waals surface area contributed by atoms with Crippen molar-refractivity contribution < 1.29 is 23.5 Å². The van der Waals surface area contributed by atoms with Crippen LogP contribution in [0.5, 0.6) is 0 Å². The molecule has 1 aliphatic carbocycles. The highest BCUT2D eigenvalue weighted by Crippen LogP contribution is 2.40. The highest BCUT2D eigenvalue weighted by molar-refractivity contribution is 5.86.